The van der Waals surface area contributed by atoms with Crippen LogP contribution in [0.15, 0.2) is 0 Å². The molecule has 18 heavy (non-hydrogen) atoms. The third kappa shape index (κ3) is 10.5. The summed E-state index contributed by atoms with van der Waals surface area (Å²) in [5.41, 5.74) is 0. The van der Waals surface area contributed by atoms with Crippen LogP contribution in [0.4, 0.5) is 0 Å². The summed E-state index contributed by atoms with van der Waals surface area (Å²) in [5.74, 6) is -0.321. The molecule has 0 heterocycles. The van der Waals surface area contributed by atoms with Crippen molar-refractivity contribution in [1.29, 1.82) is 0 Å². The molecule has 0 unspecified atom stereocenters. The molecular weight excluding hydrogens is 240 g/mol. The van der Waals surface area contributed by atoms with Gasteiger partial charge in [-0.3, -0.25) is 4.79 Å². The molecule has 108 valence electrons. The molecule has 0 aliphatic heterocycles. The van der Waals surface area contributed by atoms with E-state index in [1.165, 1.54) is 0 Å². The molecule has 0 radical (unpaired) electrons. The van der Waals surface area contributed by atoms with Gasteiger partial charge in [-0.15, -0.1) is 0 Å². The van der Waals surface area contributed by atoms with Crippen molar-refractivity contribution in [2.24, 2.45) is 0 Å². The van der Waals surface area contributed by atoms with Gasteiger partial charge in [-0.1, -0.05) is 19.8 Å². The average Bonchev–Trinajstić information content (AvgIpc) is 2.36. The minimum atomic E-state index is -0.950. The molecule has 0 aliphatic carbocycles. The van der Waals surface area contributed by atoms with Crippen LogP contribution in [-0.4, -0.2) is 59.9 Å². The van der Waals surface area contributed by atoms with Crippen molar-refractivity contribution in [3.8, 4) is 0 Å². The van der Waals surface area contributed by atoms with Crippen LogP contribution in [0.2, 0.25) is 0 Å². The van der Waals surface area contributed by atoms with Crippen molar-refractivity contribution in [2.45, 2.75) is 44.8 Å². The van der Waals surface area contributed by atoms with Crippen molar-refractivity contribution < 1.29 is 29.6 Å². The van der Waals surface area contributed by atoms with E-state index < -0.39 is 12.2 Å². The molecule has 0 aromatic carbocycles. The first-order valence-electron chi connectivity index (χ1n) is 6.30. The minimum absolute atomic E-state index is 0.0424. The highest BCUT2D eigenvalue weighted by Crippen LogP contribution is 2.01. The van der Waals surface area contributed by atoms with Gasteiger partial charge in [-0.25, -0.2) is 0 Å². The monoisotopic (exact) mass is 264 g/mol. The highest BCUT2D eigenvalue weighted by Gasteiger charge is 2.10. The lowest BCUT2D eigenvalue weighted by molar-refractivity contribution is -0.148. The van der Waals surface area contributed by atoms with Crippen molar-refractivity contribution in [2.75, 3.05) is 26.4 Å². The van der Waals surface area contributed by atoms with Gasteiger partial charge in [0, 0.05) is 6.42 Å². The molecule has 0 aliphatic rings. The number of unbranched alkanes of at least 4 members (excludes halogenated alkanes) is 2. The number of esters is 1. The van der Waals surface area contributed by atoms with Gasteiger partial charge in [0.2, 0.25) is 0 Å². The lowest BCUT2D eigenvalue weighted by Gasteiger charge is -2.13. The number of aliphatic hydroxyl groups excluding tert-OH is 3. The van der Waals surface area contributed by atoms with Crippen molar-refractivity contribution in [1.82, 2.24) is 0 Å². The summed E-state index contributed by atoms with van der Waals surface area (Å²) in [4.78, 5) is 11.2. The zero-order chi connectivity index (χ0) is 13.8. The molecule has 6 nitrogen and oxygen atoms in total. The normalized spacial score (nSPS) is 14.2. The first kappa shape index (κ1) is 17.3. The van der Waals surface area contributed by atoms with Crippen LogP contribution in [0.1, 0.15) is 32.6 Å². The van der Waals surface area contributed by atoms with E-state index in [1.807, 2.05) is 6.92 Å². The summed E-state index contributed by atoms with van der Waals surface area (Å²) in [6.07, 6.45) is 1.33. The molecule has 0 amide bonds. The van der Waals surface area contributed by atoms with E-state index in [-0.39, 0.29) is 32.4 Å². The van der Waals surface area contributed by atoms with Crippen LogP contribution in [0.25, 0.3) is 0 Å². The lowest BCUT2D eigenvalue weighted by Crippen LogP contribution is -2.27. The van der Waals surface area contributed by atoms with Crippen molar-refractivity contribution >= 4 is 5.97 Å². The van der Waals surface area contributed by atoms with Crippen LogP contribution in [0.5, 0.6) is 0 Å². The predicted molar refractivity (Wildman–Crippen MR) is 65.0 cm³/mol. The Morgan fingerprint density at radius 2 is 1.78 bits per heavy atom. The quantitative estimate of drug-likeness (QED) is 0.354. The Morgan fingerprint density at radius 1 is 1.11 bits per heavy atom. The third-order valence-corrected chi connectivity index (χ3v) is 2.25. The molecule has 0 aromatic rings. The number of hydrogen-bond acceptors (Lipinski definition) is 6. The molecule has 0 bridgehead atoms. The van der Waals surface area contributed by atoms with E-state index in [2.05, 4.69) is 0 Å². The Labute approximate surface area is 108 Å². The van der Waals surface area contributed by atoms with Crippen LogP contribution in [0.3, 0.4) is 0 Å². The highest BCUT2D eigenvalue weighted by atomic mass is 16.5. The Balaban J connectivity index is 3.45. The van der Waals surface area contributed by atoms with E-state index >= 15 is 0 Å². The minimum Gasteiger partial charge on any atom is -0.463 e. The smallest absolute Gasteiger partial charge is 0.305 e. The topological polar surface area (TPSA) is 96.2 Å². The fourth-order valence-corrected chi connectivity index (χ4v) is 1.22. The van der Waals surface area contributed by atoms with Gasteiger partial charge in [-0.2, -0.15) is 0 Å². The summed E-state index contributed by atoms with van der Waals surface area (Å²) in [7, 11) is 0. The van der Waals surface area contributed by atoms with Crippen LogP contribution in [-0.2, 0) is 14.3 Å². The molecule has 0 aromatic heterocycles. The summed E-state index contributed by atoms with van der Waals surface area (Å²) in [6, 6.07) is 0. The standard InChI is InChI=1S/C12H24O6/c1-2-3-4-5-12(16)18-9-11(15)8-17-7-10(14)6-13/h10-11,13-15H,2-9H2,1H3/t10-,11+/m0/s1. The number of carbonyl (C=O) groups is 1. The molecule has 0 saturated carbocycles. The van der Waals surface area contributed by atoms with Gasteiger partial charge >= 0.3 is 5.97 Å². The molecule has 2 atom stereocenters. The maximum Gasteiger partial charge on any atom is 0.305 e. The molecule has 6 heteroatoms. The molecule has 3 N–H and O–H groups in total. The Kier molecular flexibility index (Phi) is 11.0. The summed E-state index contributed by atoms with van der Waals surface area (Å²) < 4.78 is 9.78. The van der Waals surface area contributed by atoms with Crippen LogP contribution in [0, 0.1) is 0 Å². The second-order valence-electron chi connectivity index (χ2n) is 4.17. The summed E-state index contributed by atoms with van der Waals surface area (Å²) in [5, 5.41) is 26.9. The van der Waals surface area contributed by atoms with Gasteiger partial charge in [0.15, 0.2) is 0 Å². The van der Waals surface area contributed by atoms with Gasteiger partial charge < -0.3 is 24.8 Å². The molecule has 0 spiro atoms. The zero-order valence-corrected chi connectivity index (χ0v) is 10.9. The van der Waals surface area contributed by atoms with Crippen molar-refractivity contribution in [3.05, 3.63) is 0 Å². The first-order chi connectivity index (χ1) is 8.60. The molecular formula is C12H24O6. The van der Waals surface area contributed by atoms with Crippen LogP contribution < -0.4 is 0 Å². The molecule has 0 fully saturated rings. The average molecular weight is 264 g/mol. The third-order valence-electron chi connectivity index (χ3n) is 2.25. The lowest BCUT2D eigenvalue weighted by atomic mass is 10.2. The number of rotatable bonds is 11. The highest BCUT2D eigenvalue weighted by molar-refractivity contribution is 5.69. The largest absolute Gasteiger partial charge is 0.463 e. The zero-order valence-electron chi connectivity index (χ0n) is 10.9. The van der Waals surface area contributed by atoms with Gasteiger partial charge in [-0.05, 0) is 6.42 Å². The first-order valence-corrected chi connectivity index (χ1v) is 6.30. The van der Waals surface area contributed by atoms with Gasteiger partial charge in [0.1, 0.15) is 18.8 Å². The second-order valence-corrected chi connectivity index (χ2v) is 4.17. The predicted octanol–water partition coefficient (Wildman–Crippen LogP) is -0.159. The Hall–Kier alpha value is -0.690. The summed E-state index contributed by atoms with van der Waals surface area (Å²) >= 11 is 0. The van der Waals surface area contributed by atoms with E-state index in [0.717, 1.165) is 19.3 Å². The fourth-order valence-electron chi connectivity index (χ4n) is 1.22. The molecule has 0 saturated heterocycles. The Bertz CT molecular complexity index is 209. The van der Waals surface area contributed by atoms with E-state index in [9.17, 15) is 9.90 Å². The molecule has 0 rings (SSSR count). The maximum absolute atomic E-state index is 11.2. The summed E-state index contributed by atoms with van der Waals surface area (Å²) in [6.45, 7) is 1.45. The van der Waals surface area contributed by atoms with Gasteiger partial charge in [0.05, 0.1) is 19.8 Å². The number of aliphatic hydroxyl groups is 3. The second kappa shape index (κ2) is 11.4. The number of carbonyl (C=O) groups excluding carboxylic acids is 1. The SMILES string of the molecule is CCCCCC(=O)OC[C@H](O)COC[C@@H](O)CO. The van der Waals surface area contributed by atoms with Crippen molar-refractivity contribution in [3.63, 3.8) is 0 Å². The number of ether oxygens (including phenoxy) is 2. The number of hydrogen-bond donors (Lipinski definition) is 3. The van der Waals surface area contributed by atoms with E-state index in [1.54, 1.807) is 0 Å². The maximum atomic E-state index is 11.2. The van der Waals surface area contributed by atoms with Gasteiger partial charge in [0.25, 0.3) is 0 Å². The van der Waals surface area contributed by atoms with E-state index in [4.69, 9.17) is 19.7 Å². The fraction of sp³-hybridized carbons (Fsp3) is 0.917. The Morgan fingerprint density at radius 3 is 2.39 bits per heavy atom. The van der Waals surface area contributed by atoms with E-state index in [0.29, 0.717) is 6.42 Å². The van der Waals surface area contributed by atoms with Crippen LogP contribution >= 0.6 is 0 Å².